The minimum atomic E-state index is -0.551. The van der Waals surface area contributed by atoms with Crippen LogP contribution in [0.4, 0.5) is 11.4 Å². The van der Waals surface area contributed by atoms with E-state index in [1.807, 2.05) is 24.3 Å². The molecule has 2 aliphatic rings. The Morgan fingerprint density at radius 1 is 1.22 bits per heavy atom. The predicted octanol–water partition coefficient (Wildman–Crippen LogP) is 3.15. The van der Waals surface area contributed by atoms with Crippen LogP contribution in [0.1, 0.15) is 24.8 Å². The summed E-state index contributed by atoms with van der Waals surface area (Å²) in [5.74, 6) is 1.25. The molecule has 1 N–H and O–H groups in total. The van der Waals surface area contributed by atoms with Crippen LogP contribution in [0.5, 0.6) is 11.5 Å². The van der Waals surface area contributed by atoms with Gasteiger partial charge in [-0.3, -0.25) is 9.59 Å². The van der Waals surface area contributed by atoms with Gasteiger partial charge in [0.2, 0.25) is 5.91 Å². The molecule has 27 heavy (non-hydrogen) atoms. The number of methoxy groups -OCH3 is 1. The Morgan fingerprint density at radius 2 is 2.07 bits per heavy atom. The third-order valence-corrected chi connectivity index (χ3v) is 5.00. The van der Waals surface area contributed by atoms with Crippen LogP contribution < -0.4 is 19.7 Å². The summed E-state index contributed by atoms with van der Waals surface area (Å²) in [5, 5.41) is 2.91. The highest BCUT2D eigenvalue weighted by atomic mass is 16.5. The highest BCUT2D eigenvalue weighted by Crippen LogP contribution is 2.34. The van der Waals surface area contributed by atoms with E-state index in [1.54, 1.807) is 30.2 Å². The van der Waals surface area contributed by atoms with E-state index < -0.39 is 6.10 Å². The number of amides is 2. The van der Waals surface area contributed by atoms with E-state index in [0.717, 1.165) is 24.2 Å². The number of hydrogen-bond donors (Lipinski definition) is 1. The third-order valence-electron chi connectivity index (χ3n) is 5.00. The first-order valence-electron chi connectivity index (χ1n) is 9.19. The molecule has 1 saturated heterocycles. The molecule has 140 valence electrons. The van der Waals surface area contributed by atoms with E-state index >= 15 is 0 Å². The smallest absolute Gasteiger partial charge is 0.265 e. The number of ether oxygens (including phenoxy) is 2. The van der Waals surface area contributed by atoms with Crippen molar-refractivity contribution in [1.82, 2.24) is 0 Å². The summed E-state index contributed by atoms with van der Waals surface area (Å²) in [7, 11) is 1.58. The van der Waals surface area contributed by atoms with Crippen molar-refractivity contribution in [2.24, 2.45) is 0 Å². The van der Waals surface area contributed by atoms with Gasteiger partial charge in [0.25, 0.3) is 5.91 Å². The Labute approximate surface area is 158 Å². The van der Waals surface area contributed by atoms with Gasteiger partial charge in [-0.1, -0.05) is 18.2 Å². The van der Waals surface area contributed by atoms with Gasteiger partial charge in [-0.25, -0.2) is 0 Å². The van der Waals surface area contributed by atoms with Crippen molar-refractivity contribution < 1.29 is 19.1 Å². The van der Waals surface area contributed by atoms with E-state index in [9.17, 15) is 9.59 Å². The molecule has 0 spiro atoms. The van der Waals surface area contributed by atoms with E-state index in [2.05, 4.69) is 5.32 Å². The molecule has 2 aromatic rings. The normalized spacial score (nSPS) is 18.6. The molecule has 0 saturated carbocycles. The number of rotatable bonds is 4. The van der Waals surface area contributed by atoms with Gasteiger partial charge in [-0.15, -0.1) is 0 Å². The van der Waals surface area contributed by atoms with Crippen molar-refractivity contribution in [2.45, 2.75) is 31.8 Å². The summed E-state index contributed by atoms with van der Waals surface area (Å²) in [5.41, 5.74) is 2.34. The number of carbonyl (C=O) groups is 2. The van der Waals surface area contributed by atoms with E-state index in [-0.39, 0.29) is 11.8 Å². The molecule has 1 unspecified atom stereocenters. The van der Waals surface area contributed by atoms with Crippen LogP contribution in [-0.4, -0.2) is 31.6 Å². The van der Waals surface area contributed by atoms with Crippen LogP contribution in [0.2, 0.25) is 0 Å². The Kier molecular flexibility index (Phi) is 4.71. The van der Waals surface area contributed by atoms with Gasteiger partial charge in [-0.05, 0) is 42.7 Å². The lowest BCUT2D eigenvalue weighted by Gasteiger charge is -2.28. The van der Waals surface area contributed by atoms with Crippen molar-refractivity contribution in [3.8, 4) is 11.5 Å². The first-order chi connectivity index (χ1) is 13.2. The lowest BCUT2D eigenvalue weighted by molar-refractivity contribution is -0.122. The average molecular weight is 366 g/mol. The average Bonchev–Trinajstić information content (AvgIpc) is 3.13. The van der Waals surface area contributed by atoms with Crippen LogP contribution in [0.25, 0.3) is 0 Å². The number of carbonyl (C=O) groups excluding carboxylic acids is 2. The lowest BCUT2D eigenvalue weighted by atomic mass is 10.1. The summed E-state index contributed by atoms with van der Waals surface area (Å²) in [6, 6.07) is 13.0. The molecule has 0 radical (unpaired) electrons. The highest BCUT2D eigenvalue weighted by molar-refractivity contribution is 5.99. The van der Waals surface area contributed by atoms with Gasteiger partial charge in [0, 0.05) is 25.1 Å². The van der Waals surface area contributed by atoms with Crippen molar-refractivity contribution in [3.63, 3.8) is 0 Å². The fourth-order valence-electron chi connectivity index (χ4n) is 3.59. The van der Waals surface area contributed by atoms with Gasteiger partial charge in [-0.2, -0.15) is 0 Å². The van der Waals surface area contributed by atoms with Crippen molar-refractivity contribution in [2.75, 3.05) is 23.9 Å². The summed E-state index contributed by atoms with van der Waals surface area (Å²) in [6.45, 7) is 0.660. The van der Waals surface area contributed by atoms with Gasteiger partial charge in [0.15, 0.2) is 6.10 Å². The van der Waals surface area contributed by atoms with Crippen LogP contribution >= 0.6 is 0 Å². The van der Waals surface area contributed by atoms with Gasteiger partial charge in [0.1, 0.15) is 11.5 Å². The summed E-state index contributed by atoms with van der Waals surface area (Å²) >= 11 is 0. The van der Waals surface area contributed by atoms with Crippen LogP contribution in [0, 0.1) is 0 Å². The molecule has 1 atom stereocenters. The third kappa shape index (κ3) is 3.47. The Morgan fingerprint density at radius 3 is 2.85 bits per heavy atom. The number of nitrogens with zero attached hydrogens (tertiary/aromatic N) is 1. The fourth-order valence-corrected chi connectivity index (χ4v) is 3.59. The molecular weight excluding hydrogens is 344 g/mol. The molecule has 0 aliphatic carbocycles. The quantitative estimate of drug-likeness (QED) is 0.903. The molecule has 6 nitrogen and oxygen atoms in total. The number of para-hydroxylation sites is 1. The highest BCUT2D eigenvalue weighted by Gasteiger charge is 2.29. The maximum atomic E-state index is 12.6. The lowest BCUT2D eigenvalue weighted by Crippen LogP contribution is -2.35. The molecule has 2 heterocycles. The number of hydrogen-bond acceptors (Lipinski definition) is 4. The van der Waals surface area contributed by atoms with E-state index in [1.165, 1.54) is 0 Å². The maximum absolute atomic E-state index is 12.6. The number of benzene rings is 2. The van der Waals surface area contributed by atoms with Crippen LogP contribution in [-0.2, 0) is 16.0 Å². The number of anilines is 2. The van der Waals surface area contributed by atoms with Gasteiger partial charge < -0.3 is 19.7 Å². The van der Waals surface area contributed by atoms with E-state index in [4.69, 9.17) is 9.47 Å². The topological polar surface area (TPSA) is 67.9 Å². The SMILES string of the molecule is COc1ccc(NC(=O)C2Cc3ccccc3O2)cc1N1CCCCC1=O. The Balaban J connectivity index is 1.52. The second-order valence-electron chi connectivity index (χ2n) is 6.80. The predicted molar refractivity (Wildman–Crippen MR) is 102 cm³/mol. The molecule has 0 aromatic heterocycles. The zero-order valence-corrected chi connectivity index (χ0v) is 15.2. The van der Waals surface area contributed by atoms with E-state index in [0.29, 0.717) is 36.5 Å². The summed E-state index contributed by atoms with van der Waals surface area (Å²) in [4.78, 5) is 26.7. The number of fused-ring (bicyclic) bond motifs is 1. The Bertz CT molecular complexity index is 855. The molecule has 2 aliphatic heterocycles. The summed E-state index contributed by atoms with van der Waals surface area (Å²) < 4.78 is 11.2. The van der Waals surface area contributed by atoms with Gasteiger partial charge >= 0.3 is 0 Å². The standard InChI is InChI=1S/C21H22N2O4/c1-26-18-10-9-15(13-16(18)23-11-5-4-8-20(23)24)22-21(25)19-12-14-6-2-3-7-17(14)27-19/h2-3,6-7,9-10,13,19H,4-5,8,11-12H2,1H3,(H,22,25). The largest absolute Gasteiger partial charge is 0.495 e. The first-order valence-corrected chi connectivity index (χ1v) is 9.19. The molecule has 2 aromatic carbocycles. The molecule has 6 heteroatoms. The van der Waals surface area contributed by atoms with Crippen molar-refractivity contribution in [3.05, 3.63) is 48.0 Å². The Hall–Kier alpha value is -3.02. The number of nitrogens with one attached hydrogen (secondary N) is 1. The minimum Gasteiger partial charge on any atom is -0.495 e. The summed E-state index contributed by atoms with van der Waals surface area (Å²) in [6.07, 6.45) is 2.40. The van der Waals surface area contributed by atoms with Crippen molar-refractivity contribution in [1.29, 1.82) is 0 Å². The first kappa shape index (κ1) is 17.4. The maximum Gasteiger partial charge on any atom is 0.265 e. The molecular formula is C21H22N2O4. The molecule has 4 rings (SSSR count). The number of piperidine rings is 1. The second-order valence-corrected chi connectivity index (χ2v) is 6.80. The molecule has 0 bridgehead atoms. The monoisotopic (exact) mass is 366 g/mol. The van der Waals surface area contributed by atoms with Gasteiger partial charge in [0.05, 0.1) is 12.8 Å². The van der Waals surface area contributed by atoms with Crippen molar-refractivity contribution >= 4 is 23.2 Å². The van der Waals surface area contributed by atoms with Crippen LogP contribution in [0.3, 0.4) is 0 Å². The molecule has 2 amide bonds. The zero-order valence-electron chi connectivity index (χ0n) is 15.2. The minimum absolute atomic E-state index is 0.0811. The van der Waals surface area contributed by atoms with Crippen LogP contribution in [0.15, 0.2) is 42.5 Å². The fraction of sp³-hybridized carbons (Fsp3) is 0.333. The molecule has 1 fully saturated rings. The zero-order chi connectivity index (χ0) is 18.8. The second kappa shape index (κ2) is 7.31.